The number of aryl methyl sites for hydroxylation is 2. The number of allylic oxidation sites excluding steroid dienone is 1. The number of rotatable bonds is 5. The maximum Gasteiger partial charge on any atom is 0.456 e. The molecule has 2 aliphatic rings. The highest BCUT2D eigenvalue weighted by Crippen LogP contribution is 2.41. The van der Waals surface area contributed by atoms with Gasteiger partial charge >= 0.3 is 7.12 Å². The smallest absolute Gasteiger partial charge is 0.456 e. The standard InChI is InChI=1S/C22H31BO5S/c1-13(2)18-12-29(26,27)20-11-23(25)28-19(21(18)20)7-6-14(3)8-17-9-15(4)22(24)16(5)10-17/h8-10,13,19-20,24-25H,6-7,11-12H2,1-5H3/b14-8+/t19-,20+/m1/s1. The molecule has 1 aromatic rings. The highest BCUT2D eigenvalue weighted by molar-refractivity contribution is 7.92. The molecule has 7 heteroatoms. The lowest BCUT2D eigenvalue weighted by Crippen LogP contribution is -2.42. The lowest BCUT2D eigenvalue weighted by molar-refractivity contribution is 0.169. The molecule has 2 atom stereocenters. The summed E-state index contributed by atoms with van der Waals surface area (Å²) in [6, 6.07) is 3.90. The molecule has 1 fully saturated rings. The fourth-order valence-corrected chi connectivity index (χ4v) is 6.78. The average Bonchev–Trinajstić information content (AvgIpc) is 2.89. The van der Waals surface area contributed by atoms with E-state index in [9.17, 15) is 18.5 Å². The Kier molecular flexibility index (Phi) is 6.32. The third-order valence-electron chi connectivity index (χ3n) is 6.02. The lowest BCUT2D eigenvalue weighted by Gasteiger charge is -2.32. The van der Waals surface area contributed by atoms with Gasteiger partial charge in [-0.05, 0) is 79.5 Å². The van der Waals surface area contributed by atoms with Crippen LogP contribution in [-0.2, 0) is 14.5 Å². The molecule has 0 saturated carbocycles. The maximum atomic E-state index is 12.6. The van der Waals surface area contributed by atoms with Crippen molar-refractivity contribution in [2.24, 2.45) is 5.92 Å². The van der Waals surface area contributed by atoms with Gasteiger partial charge in [0.25, 0.3) is 0 Å². The van der Waals surface area contributed by atoms with E-state index in [2.05, 4.69) is 6.08 Å². The Bertz CT molecular complexity index is 938. The van der Waals surface area contributed by atoms with Crippen LogP contribution in [0.5, 0.6) is 5.75 Å². The molecular weight excluding hydrogens is 387 g/mol. The Hall–Kier alpha value is -1.57. The van der Waals surface area contributed by atoms with Crippen molar-refractivity contribution >= 4 is 23.0 Å². The minimum Gasteiger partial charge on any atom is -0.507 e. The van der Waals surface area contributed by atoms with Gasteiger partial charge in [-0.15, -0.1) is 0 Å². The van der Waals surface area contributed by atoms with E-state index in [4.69, 9.17) is 4.65 Å². The SMILES string of the molecule is C/C(=C\c1cc(C)c(O)c(C)c1)CC[C@H]1OB(O)C[C@H]2C1=C(C(C)C)CS2(=O)=O. The number of aromatic hydroxyl groups is 1. The number of phenolic OH excluding ortho intramolecular Hbond substituents is 1. The summed E-state index contributed by atoms with van der Waals surface area (Å²) >= 11 is 0. The summed E-state index contributed by atoms with van der Waals surface area (Å²) in [6.07, 6.45) is 3.21. The van der Waals surface area contributed by atoms with Gasteiger partial charge in [0.05, 0.1) is 17.1 Å². The summed E-state index contributed by atoms with van der Waals surface area (Å²) in [5.74, 6) is 0.551. The molecule has 0 radical (unpaired) electrons. The van der Waals surface area contributed by atoms with Crippen molar-refractivity contribution in [1.29, 1.82) is 0 Å². The molecule has 0 aromatic heterocycles. The first kappa shape index (κ1) is 22.1. The van der Waals surface area contributed by atoms with E-state index >= 15 is 0 Å². The molecule has 0 amide bonds. The number of fused-ring (bicyclic) bond motifs is 1. The van der Waals surface area contributed by atoms with Crippen LogP contribution in [0.1, 0.15) is 50.3 Å². The zero-order valence-electron chi connectivity index (χ0n) is 17.9. The molecule has 1 saturated heterocycles. The van der Waals surface area contributed by atoms with Gasteiger partial charge in [-0.25, -0.2) is 8.42 Å². The van der Waals surface area contributed by atoms with Crippen molar-refractivity contribution < 1.29 is 23.2 Å². The average molecular weight is 418 g/mol. The fourth-order valence-electron chi connectivity index (χ4n) is 4.50. The summed E-state index contributed by atoms with van der Waals surface area (Å²) in [7, 11) is -4.30. The van der Waals surface area contributed by atoms with E-state index in [1.165, 1.54) is 0 Å². The fraction of sp³-hybridized carbons (Fsp3) is 0.545. The summed E-state index contributed by atoms with van der Waals surface area (Å²) < 4.78 is 31.1. The normalized spacial score (nSPS) is 24.4. The molecular formula is C22H31BO5S. The summed E-state index contributed by atoms with van der Waals surface area (Å²) in [6.45, 7) is 9.84. The van der Waals surface area contributed by atoms with Gasteiger partial charge in [0.2, 0.25) is 0 Å². The number of hydrogen-bond donors (Lipinski definition) is 2. The van der Waals surface area contributed by atoms with E-state index in [1.54, 1.807) is 0 Å². The van der Waals surface area contributed by atoms with E-state index in [0.717, 1.165) is 39.8 Å². The summed E-state index contributed by atoms with van der Waals surface area (Å²) in [5, 5.41) is 19.5. The number of sulfone groups is 1. The van der Waals surface area contributed by atoms with Gasteiger partial charge in [0, 0.05) is 6.32 Å². The van der Waals surface area contributed by atoms with Crippen molar-refractivity contribution in [1.82, 2.24) is 0 Å². The first-order valence-corrected chi connectivity index (χ1v) is 12.0. The Balaban J connectivity index is 1.81. The molecule has 5 nitrogen and oxygen atoms in total. The van der Waals surface area contributed by atoms with Gasteiger partial charge in [0.1, 0.15) is 5.75 Å². The zero-order valence-corrected chi connectivity index (χ0v) is 18.7. The van der Waals surface area contributed by atoms with Crippen LogP contribution < -0.4 is 0 Å². The van der Waals surface area contributed by atoms with Gasteiger partial charge in [-0.2, -0.15) is 0 Å². The van der Waals surface area contributed by atoms with Crippen LogP contribution in [0.25, 0.3) is 6.08 Å². The van der Waals surface area contributed by atoms with Crippen molar-refractivity contribution in [3.05, 3.63) is 45.5 Å². The molecule has 0 spiro atoms. The third-order valence-corrected chi connectivity index (χ3v) is 8.04. The molecule has 0 unspecified atom stereocenters. The summed E-state index contributed by atoms with van der Waals surface area (Å²) in [5.41, 5.74) is 5.69. The Morgan fingerprint density at radius 1 is 1.31 bits per heavy atom. The highest BCUT2D eigenvalue weighted by Gasteiger charge is 2.48. The van der Waals surface area contributed by atoms with E-state index in [1.807, 2.05) is 46.8 Å². The second-order valence-electron chi connectivity index (χ2n) is 8.78. The van der Waals surface area contributed by atoms with Crippen LogP contribution >= 0.6 is 0 Å². The number of benzene rings is 1. The Labute approximate surface area is 174 Å². The molecule has 0 bridgehead atoms. The van der Waals surface area contributed by atoms with Gasteiger partial charge < -0.3 is 14.8 Å². The molecule has 1 aromatic carbocycles. The second kappa shape index (κ2) is 8.28. The van der Waals surface area contributed by atoms with Crippen molar-refractivity contribution in [3.8, 4) is 5.75 Å². The molecule has 2 N–H and O–H groups in total. The summed E-state index contributed by atoms with van der Waals surface area (Å²) in [4.78, 5) is 0. The lowest BCUT2D eigenvalue weighted by atomic mass is 9.74. The number of phenols is 1. The first-order chi connectivity index (χ1) is 13.5. The monoisotopic (exact) mass is 418 g/mol. The molecule has 2 heterocycles. The largest absolute Gasteiger partial charge is 0.507 e. The predicted octanol–water partition coefficient (Wildman–Crippen LogP) is 3.82. The van der Waals surface area contributed by atoms with Crippen LogP contribution in [0, 0.1) is 19.8 Å². The Morgan fingerprint density at radius 3 is 2.52 bits per heavy atom. The van der Waals surface area contributed by atoms with Gasteiger partial charge in [0.15, 0.2) is 9.84 Å². The van der Waals surface area contributed by atoms with Gasteiger partial charge in [-0.1, -0.05) is 25.5 Å². The quantitative estimate of drug-likeness (QED) is 0.561. The molecule has 2 aliphatic heterocycles. The first-order valence-electron chi connectivity index (χ1n) is 10.2. The number of hydrogen-bond acceptors (Lipinski definition) is 5. The Morgan fingerprint density at radius 2 is 1.93 bits per heavy atom. The van der Waals surface area contributed by atoms with Crippen molar-refractivity contribution in [3.63, 3.8) is 0 Å². The molecule has 29 heavy (non-hydrogen) atoms. The minimum atomic E-state index is -3.26. The van der Waals surface area contributed by atoms with Crippen LogP contribution in [0.15, 0.2) is 28.9 Å². The zero-order chi connectivity index (χ0) is 21.5. The van der Waals surface area contributed by atoms with Gasteiger partial charge in [-0.3, -0.25) is 0 Å². The highest BCUT2D eigenvalue weighted by atomic mass is 32.2. The van der Waals surface area contributed by atoms with Crippen LogP contribution in [0.3, 0.4) is 0 Å². The molecule has 3 rings (SSSR count). The van der Waals surface area contributed by atoms with Crippen molar-refractivity contribution in [2.75, 3.05) is 5.75 Å². The van der Waals surface area contributed by atoms with E-state index in [0.29, 0.717) is 12.2 Å². The maximum absolute atomic E-state index is 12.6. The third kappa shape index (κ3) is 4.62. The minimum absolute atomic E-state index is 0.0815. The van der Waals surface area contributed by atoms with Crippen LogP contribution in [-0.4, -0.2) is 42.8 Å². The molecule has 158 valence electrons. The predicted molar refractivity (Wildman–Crippen MR) is 118 cm³/mol. The topological polar surface area (TPSA) is 83.8 Å². The molecule has 0 aliphatic carbocycles. The van der Waals surface area contributed by atoms with Crippen LogP contribution in [0.4, 0.5) is 0 Å². The van der Waals surface area contributed by atoms with Crippen molar-refractivity contribution in [2.45, 2.75) is 65.1 Å². The van der Waals surface area contributed by atoms with Crippen LogP contribution in [0.2, 0.25) is 6.32 Å². The second-order valence-corrected chi connectivity index (χ2v) is 11.0. The van der Waals surface area contributed by atoms with E-state index < -0.39 is 22.2 Å². The van der Waals surface area contributed by atoms with E-state index in [-0.39, 0.29) is 24.1 Å².